The smallest absolute Gasteiger partial charge is 0.407 e. The highest BCUT2D eigenvalue weighted by Gasteiger charge is 2.25. The zero-order valence-corrected chi connectivity index (χ0v) is 7.43. The van der Waals surface area contributed by atoms with Gasteiger partial charge in [0.25, 0.3) is 0 Å². The zero-order chi connectivity index (χ0) is 9.84. The molecule has 0 bridgehead atoms. The molecule has 1 fully saturated rings. The SMILES string of the molecule is CON=C1CN(C(=O)O)CCC1N. The Bertz CT molecular complexity index is 229. The summed E-state index contributed by atoms with van der Waals surface area (Å²) in [5, 5.41) is 12.4. The van der Waals surface area contributed by atoms with Gasteiger partial charge in [-0.25, -0.2) is 4.79 Å². The molecule has 13 heavy (non-hydrogen) atoms. The molecule has 0 aromatic heterocycles. The van der Waals surface area contributed by atoms with Crippen molar-refractivity contribution in [2.75, 3.05) is 20.2 Å². The lowest BCUT2D eigenvalue weighted by Crippen LogP contribution is -2.49. The molecule has 1 aliphatic rings. The van der Waals surface area contributed by atoms with E-state index in [1.807, 2.05) is 0 Å². The third-order valence-corrected chi connectivity index (χ3v) is 1.97. The molecule has 0 radical (unpaired) electrons. The predicted octanol–water partition coefficient (Wildman–Crippen LogP) is -0.300. The number of nitrogens with two attached hydrogens (primary N) is 1. The first-order valence-electron chi connectivity index (χ1n) is 3.98. The van der Waals surface area contributed by atoms with Crippen LogP contribution in [-0.4, -0.2) is 48.1 Å². The zero-order valence-electron chi connectivity index (χ0n) is 7.43. The largest absolute Gasteiger partial charge is 0.465 e. The lowest BCUT2D eigenvalue weighted by Gasteiger charge is -2.28. The number of oxime groups is 1. The quantitative estimate of drug-likeness (QED) is 0.551. The van der Waals surface area contributed by atoms with Gasteiger partial charge < -0.3 is 20.6 Å². The highest BCUT2D eigenvalue weighted by molar-refractivity contribution is 5.93. The predicted molar refractivity (Wildman–Crippen MR) is 46.6 cm³/mol. The summed E-state index contributed by atoms with van der Waals surface area (Å²) >= 11 is 0. The Morgan fingerprint density at radius 2 is 2.54 bits per heavy atom. The second kappa shape index (κ2) is 4.08. The molecule has 1 saturated heterocycles. The van der Waals surface area contributed by atoms with Crippen molar-refractivity contribution in [1.82, 2.24) is 4.90 Å². The standard InChI is InChI=1S/C7H13N3O3/c1-13-9-6-4-10(7(11)12)3-2-5(6)8/h5H,2-4,8H2,1H3,(H,11,12). The van der Waals surface area contributed by atoms with Crippen molar-refractivity contribution >= 4 is 11.8 Å². The van der Waals surface area contributed by atoms with Crippen LogP contribution in [0.15, 0.2) is 5.16 Å². The first-order chi connectivity index (χ1) is 6.15. The molecular weight excluding hydrogens is 174 g/mol. The van der Waals surface area contributed by atoms with E-state index in [2.05, 4.69) is 9.99 Å². The first kappa shape index (κ1) is 9.79. The summed E-state index contributed by atoms with van der Waals surface area (Å²) in [4.78, 5) is 16.4. The lowest BCUT2D eigenvalue weighted by atomic mass is 10.0. The maximum Gasteiger partial charge on any atom is 0.407 e. The second-order valence-corrected chi connectivity index (χ2v) is 2.86. The number of nitrogens with zero attached hydrogens (tertiary/aromatic N) is 2. The molecule has 1 rings (SSSR count). The highest BCUT2D eigenvalue weighted by Crippen LogP contribution is 2.06. The summed E-state index contributed by atoms with van der Waals surface area (Å²) in [5.74, 6) is 0. The molecule has 6 nitrogen and oxygen atoms in total. The average Bonchev–Trinajstić information content (AvgIpc) is 2.08. The molecular formula is C7H13N3O3. The number of hydrogen-bond acceptors (Lipinski definition) is 4. The molecule has 3 N–H and O–H groups in total. The number of amides is 1. The summed E-state index contributed by atoms with van der Waals surface area (Å²) in [6, 6.07) is -0.185. The third kappa shape index (κ3) is 2.32. The van der Waals surface area contributed by atoms with Gasteiger partial charge in [-0.05, 0) is 6.42 Å². The van der Waals surface area contributed by atoms with Gasteiger partial charge in [0.05, 0.1) is 12.3 Å². The van der Waals surface area contributed by atoms with E-state index in [1.54, 1.807) is 0 Å². The maximum atomic E-state index is 10.6. The van der Waals surface area contributed by atoms with Crippen molar-refractivity contribution in [3.63, 3.8) is 0 Å². The van der Waals surface area contributed by atoms with Gasteiger partial charge in [-0.2, -0.15) is 0 Å². The van der Waals surface area contributed by atoms with Gasteiger partial charge in [-0.15, -0.1) is 0 Å². The average molecular weight is 187 g/mol. The molecule has 1 heterocycles. The Morgan fingerprint density at radius 3 is 3.08 bits per heavy atom. The van der Waals surface area contributed by atoms with Crippen LogP contribution in [-0.2, 0) is 4.84 Å². The van der Waals surface area contributed by atoms with E-state index >= 15 is 0 Å². The first-order valence-corrected chi connectivity index (χ1v) is 3.98. The van der Waals surface area contributed by atoms with E-state index in [4.69, 9.17) is 10.8 Å². The number of likely N-dealkylation sites (tertiary alicyclic amines) is 1. The van der Waals surface area contributed by atoms with E-state index < -0.39 is 6.09 Å². The Balaban J connectivity index is 2.63. The molecule has 1 atom stereocenters. The van der Waals surface area contributed by atoms with E-state index in [-0.39, 0.29) is 12.6 Å². The fraction of sp³-hybridized carbons (Fsp3) is 0.714. The van der Waals surface area contributed by atoms with Gasteiger partial charge in [-0.3, -0.25) is 0 Å². The van der Waals surface area contributed by atoms with Crippen LogP contribution in [0.2, 0.25) is 0 Å². The molecule has 74 valence electrons. The minimum atomic E-state index is -0.948. The normalized spacial score (nSPS) is 26.2. The van der Waals surface area contributed by atoms with Crippen LogP contribution in [0.1, 0.15) is 6.42 Å². The molecule has 0 aromatic rings. The number of hydrogen-bond donors (Lipinski definition) is 2. The van der Waals surface area contributed by atoms with Crippen molar-refractivity contribution in [2.24, 2.45) is 10.9 Å². The van der Waals surface area contributed by atoms with Crippen LogP contribution in [0.5, 0.6) is 0 Å². The van der Waals surface area contributed by atoms with E-state index in [1.165, 1.54) is 12.0 Å². The number of carbonyl (C=O) groups is 1. The van der Waals surface area contributed by atoms with E-state index in [0.29, 0.717) is 18.7 Å². The summed E-state index contributed by atoms with van der Waals surface area (Å²) in [6.45, 7) is 0.698. The monoisotopic (exact) mass is 187 g/mol. The van der Waals surface area contributed by atoms with E-state index in [0.717, 1.165) is 0 Å². The summed E-state index contributed by atoms with van der Waals surface area (Å²) in [6.07, 6.45) is -0.357. The van der Waals surface area contributed by atoms with Crippen LogP contribution in [0.25, 0.3) is 0 Å². The number of piperidine rings is 1. The van der Waals surface area contributed by atoms with Gasteiger partial charge in [0.1, 0.15) is 7.11 Å². The highest BCUT2D eigenvalue weighted by atomic mass is 16.6. The van der Waals surface area contributed by atoms with Gasteiger partial charge in [0.15, 0.2) is 0 Å². The van der Waals surface area contributed by atoms with Crippen LogP contribution >= 0.6 is 0 Å². The van der Waals surface area contributed by atoms with Crippen molar-refractivity contribution in [1.29, 1.82) is 0 Å². The minimum Gasteiger partial charge on any atom is -0.465 e. The molecule has 0 aromatic carbocycles. The van der Waals surface area contributed by atoms with Gasteiger partial charge in [-0.1, -0.05) is 5.16 Å². The molecule has 1 aliphatic heterocycles. The Hall–Kier alpha value is -1.30. The topological polar surface area (TPSA) is 88.1 Å². The van der Waals surface area contributed by atoms with Gasteiger partial charge in [0.2, 0.25) is 0 Å². The number of rotatable bonds is 1. The molecule has 0 saturated carbocycles. The summed E-state index contributed by atoms with van der Waals surface area (Å²) in [5.41, 5.74) is 6.28. The Morgan fingerprint density at radius 1 is 1.85 bits per heavy atom. The van der Waals surface area contributed by atoms with Crippen LogP contribution < -0.4 is 5.73 Å². The fourth-order valence-corrected chi connectivity index (χ4v) is 1.23. The van der Waals surface area contributed by atoms with Crippen LogP contribution in [0.4, 0.5) is 4.79 Å². The van der Waals surface area contributed by atoms with Crippen LogP contribution in [0.3, 0.4) is 0 Å². The molecule has 6 heteroatoms. The van der Waals surface area contributed by atoms with Gasteiger partial charge in [0, 0.05) is 12.6 Å². The Kier molecular flexibility index (Phi) is 3.07. The van der Waals surface area contributed by atoms with Gasteiger partial charge >= 0.3 is 6.09 Å². The molecule has 1 unspecified atom stereocenters. The van der Waals surface area contributed by atoms with Crippen molar-refractivity contribution in [3.05, 3.63) is 0 Å². The van der Waals surface area contributed by atoms with Crippen molar-refractivity contribution in [2.45, 2.75) is 12.5 Å². The van der Waals surface area contributed by atoms with Crippen LogP contribution in [0, 0.1) is 0 Å². The third-order valence-electron chi connectivity index (χ3n) is 1.97. The maximum absolute atomic E-state index is 10.6. The fourth-order valence-electron chi connectivity index (χ4n) is 1.23. The second-order valence-electron chi connectivity index (χ2n) is 2.86. The Labute approximate surface area is 75.9 Å². The van der Waals surface area contributed by atoms with Crippen molar-refractivity contribution in [3.8, 4) is 0 Å². The summed E-state index contributed by atoms with van der Waals surface area (Å²) in [7, 11) is 1.42. The van der Waals surface area contributed by atoms with E-state index in [9.17, 15) is 4.79 Å². The number of carboxylic acid groups (broad SMARTS) is 1. The summed E-state index contributed by atoms with van der Waals surface area (Å²) < 4.78 is 0. The molecule has 1 amide bonds. The minimum absolute atomic E-state index is 0.185. The molecule has 0 aliphatic carbocycles. The lowest BCUT2D eigenvalue weighted by molar-refractivity contribution is 0.145. The molecule has 0 spiro atoms. The van der Waals surface area contributed by atoms with Crippen molar-refractivity contribution < 1.29 is 14.7 Å².